The zero-order valence-electron chi connectivity index (χ0n) is 10.8. The molecule has 6 heteroatoms. The quantitative estimate of drug-likeness (QED) is 0.754. The van der Waals surface area contributed by atoms with Gasteiger partial charge in [0.15, 0.2) is 9.84 Å². The van der Waals surface area contributed by atoms with E-state index in [0.29, 0.717) is 10.7 Å². The predicted molar refractivity (Wildman–Crippen MR) is 74.9 cm³/mol. The average Bonchev–Trinajstić information content (AvgIpc) is 2.55. The van der Waals surface area contributed by atoms with Crippen LogP contribution in [0.1, 0.15) is 26.7 Å². The lowest BCUT2D eigenvalue weighted by Gasteiger charge is -2.29. The minimum Gasteiger partial charge on any atom is -0.393 e. The lowest BCUT2D eigenvalue weighted by atomic mass is 9.89. The van der Waals surface area contributed by atoms with Crippen LogP contribution in [-0.4, -0.2) is 49.4 Å². The molecule has 4 nitrogen and oxygen atoms in total. The van der Waals surface area contributed by atoms with Crippen LogP contribution in [0.4, 0.5) is 0 Å². The minimum absolute atomic E-state index is 0.155. The number of hydrogen-bond donors (Lipinski definition) is 1. The van der Waals surface area contributed by atoms with Crippen LogP contribution in [0.25, 0.3) is 0 Å². The fraction of sp³-hybridized carbons (Fsp3) is 0.909. The summed E-state index contributed by atoms with van der Waals surface area (Å²) in [6.45, 7) is 4.87. The molecule has 1 aliphatic heterocycles. The van der Waals surface area contributed by atoms with Crippen molar-refractivity contribution >= 4 is 27.0 Å². The molecule has 17 heavy (non-hydrogen) atoms. The normalized spacial score (nSPS) is 24.1. The van der Waals surface area contributed by atoms with Gasteiger partial charge in [-0.1, -0.05) is 26.1 Å². The smallest absolute Gasteiger partial charge is 0.151 e. The van der Waals surface area contributed by atoms with Gasteiger partial charge in [0.1, 0.15) is 0 Å². The Morgan fingerprint density at radius 1 is 1.53 bits per heavy atom. The summed E-state index contributed by atoms with van der Waals surface area (Å²) in [5.74, 6) is 0.609. The van der Waals surface area contributed by atoms with Gasteiger partial charge >= 0.3 is 0 Å². The first-order valence-electron chi connectivity index (χ1n) is 5.85. The third-order valence-electron chi connectivity index (χ3n) is 3.59. The van der Waals surface area contributed by atoms with Crippen molar-refractivity contribution in [3.05, 3.63) is 0 Å². The van der Waals surface area contributed by atoms with E-state index in [1.54, 1.807) is 0 Å². The summed E-state index contributed by atoms with van der Waals surface area (Å²) in [7, 11) is -0.829. The van der Waals surface area contributed by atoms with E-state index < -0.39 is 9.84 Å². The maximum atomic E-state index is 11.4. The second-order valence-electron chi connectivity index (χ2n) is 5.54. The maximum Gasteiger partial charge on any atom is 0.151 e. The van der Waals surface area contributed by atoms with Crippen LogP contribution in [0, 0.1) is 5.41 Å². The summed E-state index contributed by atoms with van der Waals surface area (Å²) < 4.78 is 22.8. The average molecular weight is 278 g/mol. The first-order valence-corrected chi connectivity index (χ1v) is 8.07. The fourth-order valence-electron chi connectivity index (χ4n) is 1.88. The molecule has 0 aromatic heterocycles. The first-order chi connectivity index (χ1) is 7.64. The van der Waals surface area contributed by atoms with Crippen LogP contribution >= 0.6 is 12.2 Å². The van der Waals surface area contributed by atoms with Crippen LogP contribution in [0.5, 0.6) is 0 Å². The Balaban J connectivity index is 2.46. The van der Waals surface area contributed by atoms with Gasteiger partial charge in [-0.05, 0) is 26.4 Å². The molecule has 1 saturated heterocycles. The van der Waals surface area contributed by atoms with E-state index in [-0.39, 0.29) is 17.2 Å². The van der Waals surface area contributed by atoms with E-state index in [9.17, 15) is 8.42 Å². The number of thiocarbonyl (C=S) groups is 1. The topological polar surface area (TPSA) is 63.4 Å². The molecule has 1 unspecified atom stereocenters. The molecule has 0 aromatic carbocycles. The van der Waals surface area contributed by atoms with E-state index in [1.165, 1.54) is 0 Å². The molecule has 1 fully saturated rings. The van der Waals surface area contributed by atoms with E-state index in [2.05, 4.69) is 4.90 Å². The molecule has 1 rings (SSSR count). The molecule has 0 aliphatic carbocycles. The standard InChI is InChI=1S/C11H22N2O2S2/c1-11(2,10(12)16)5-6-13(3)9-4-7-17(14,15)8-9/h9H,4-8H2,1-3H3,(H2,12,16). The molecule has 100 valence electrons. The molecule has 1 aliphatic rings. The Hall–Kier alpha value is -0.200. The summed E-state index contributed by atoms with van der Waals surface area (Å²) in [6, 6.07) is 0.155. The third kappa shape index (κ3) is 4.19. The zero-order chi connectivity index (χ0) is 13.3. The molecule has 0 amide bonds. The minimum atomic E-state index is -2.80. The van der Waals surface area contributed by atoms with E-state index in [0.717, 1.165) is 19.4 Å². The van der Waals surface area contributed by atoms with Crippen LogP contribution in [-0.2, 0) is 9.84 Å². The van der Waals surface area contributed by atoms with Gasteiger partial charge < -0.3 is 10.6 Å². The zero-order valence-corrected chi connectivity index (χ0v) is 12.4. The lowest BCUT2D eigenvalue weighted by molar-refractivity contribution is 0.236. The maximum absolute atomic E-state index is 11.4. The van der Waals surface area contributed by atoms with Gasteiger partial charge in [-0.3, -0.25) is 0 Å². The largest absolute Gasteiger partial charge is 0.393 e. The van der Waals surface area contributed by atoms with Crippen molar-refractivity contribution in [2.24, 2.45) is 11.1 Å². The summed E-state index contributed by atoms with van der Waals surface area (Å²) in [5, 5.41) is 0. The van der Waals surface area contributed by atoms with E-state index in [4.69, 9.17) is 18.0 Å². The molecule has 2 N–H and O–H groups in total. The van der Waals surface area contributed by atoms with Crippen molar-refractivity contribution in [1.29, 1.82) is 0 Å². The van der Waals surface area contributed by atoms with Crippen molar-refractivity contribution < 1.29 is 8.42 Å². The lowest BCUT2D eigenvalue weighted by Crippen LogP contribution is -2.38. The fourth-order valence-corrected chi connectivity index (χ4v) is 3.79. The number of hydrogen-bond acceptors (Lipinski definition) is 4. The van der Waals surface area contributed by atoms with Crippen molar-refractivity contribution in [1.82, 2.24) is 4.90 Å². The van der Waals surface area contributed by atoms with Crippen LogP contribution in [0.2, 0.25) is 0 Å². The van der Waals surface area contributed by atoms with E-state index >= 15 is 0 Å². The van der Waals surface area contributed by atoms with Gasteiger partial charge in [0.05, 0.1) is 16.5 Å². The second kappa shape index (κ2) is 5.20. The summed E-state index contributed by atoms with van der Waals surface area (Å²) in [4.78, 5) is 2.63. The Bertz CT molecular complexity index is 390. The summed E-state index contributed by atoms with van der Waals surface area (Å²) in [5.41, 5.74) is 5.50. The number of nitrogens with two attached hydrogens (primary N) is 1. The third-order valence-corrected chi connectivity index (χ3v) is 5.89. The van der Waals surface area contributed by atoms with Gasteiger partial charge in [0.25, 0.3) is 0 Å². The molecule has 1 heterocycles. The van der Waals surface area contributed by atoms with Crippen LogP contribution in [0.15, 0.2) is 0 Å². The molecular formula is C11H22N2O2S2. The Morgan fingerprint density at radius 3 is 2.53 bits per heavy atom. The first kappa shape index (κ1) is 14.9. The Labute approximate surface area is 109 Å². The predicted octanol–water partition coefficient (Wildman–Crippen LogP) is 0.808. The van der Waals surface area contributed by atoms with Gasteiger partial charge in [-0.25, -0.2) is 8.42 Å². The van der Waals surface area contributed by atoms with Crippen molar-refractivity contribution in [3.8, 4) is 0 Å². The van der Waals surface area contributed by atoms with Crippen LogP contribution in [0.3, 0.4) is 0 Å². The van der Waals surface area contributed by atoms with Gasteiger partial charge in [-0.15, -0.1) is 0 Å². The molecule has 0 radical (unpaired) electrons. The van der Waals surface area contributed by atoms with Crippen molar-refractivity contribution in [3.63, 3.8) is 0 Å². The second-order valence-corrected chi connectivity index (χ2v) is 8.20. The van der Waals surface area contributed by atoms with Gasteiger partial charge in [0.2, 0.25) is 0 Å². The molecular weight excluding hydrogens is 256 g/mol. The van der Waals surface area contributed by atoms with Crippen molar-refractivity contribution in [2.75, 3.05) is 25.1 Å². The highest BCUT2D eigenvalue weighted by molar-refractivity contribution is 7.91. The Morgan fingerprint density at radius 2 is 2.12 bits per heavy atom. The highest BCUT2D eigenvalue weighted by Crippen LogP contribution is 2.23. The number of rotatable bonds is 5. The SMILES string of the molecule is CN(CCC(C)(C)C(N)=S)C1CCS(=O)(=O)C1. The molecule has 0 bridgehead atoms. The highest BCUT2D eigenvalue weighted by Gasteiger charge is 2.31. The molecule has 1 atom stereocenters. The molecule has 0 saturated carbocycles. The number of nitrogens with zero attached hydrogens (tertiary/aromatic N) is 1. The Kier molecular flexibility index (Phi) is 4.54. The molecule has 0 spiro atoms. The monoisotopic (exact) mass is 278 g/mol. The summed E-state index contributed by atoms with van der Waals surface area (Å²) in [6.07, 6.45) is 1.60. The highest BCUT2D eigenvalue weighted by atomic mass is 32.2. The molecule has 0 aromatic rings. The van der Waals surface area contributed by atoms with E-state index in [1.807, 2.05) is 20.9 Å². The number of sulfone groups is 1. The summed E-state index contributed by atoms with van der Waals surface area (Å²) >= 11 is 5.02. The van der Waals surface area contributed by atoms with Gasteiger partial charge in [0, 0.05) is 11.5 Å². The van der Waals surface area contributed by atoms with Crippen LogP contribution < -0.4 is 5.73 Å². The van der Waals surface area contributed by atoms with Gasteiger partial charge in [-0.2, -0.15) is 0 Å². The van der Waals surface area contributed by atoms with Crippen molar-refractivity contribution in [2.45, 2.75) is 32.7 Å².